The first kappa shape index (κ1) is 28.5. The van der Waals surface area contributed by atoms with Gasteiger partial charge in [-0.1, -0.05) is 49.2 Å². The monoisotopic (exact) mass is 597 g/mol. The van der Waals surface area contributed by atoms with Crippen LogP contribution in [0.15, 0.2) is 41.3 Å². The van der Waals surface area contributed by atoms with Crippen LogP contribution in [-0.2, 0) is 14.8 Å². The highest BCUT2D eigenvalue weighted by Gasteiger charge is 2.30. The van der Waals surface area contributed by atoms with Gasteiger partial charge in [-0.05, 0) is 49.2 Å². The minimum Gasteiger partial charge on any atom is -0.354 e. The first-order valence-corrected chi connectivity index (χ1v) is 17.0. The number of piperazine rings is 2. The molecule has 2 aliphatic heterocycles. The smallest absolute Gasteiger partial charge is 0.243 e. The van der Waals surface area contributed by atoms with Crippen LogP contribution in [0.5, 0.6) is 0 Å². The summed E-state index contributed by atoms with van der Waals surface area (Å²) in [5.74, 6) is 0.947. The molecule has 1 aliphatic carbocycles. The molecular formula is C29H39N7O3S2. The van der Waals surface area contributed by atoms with Gasteiger partial charge in [-0.25, -0.2) is 18.4 Å². The van der Waals surface area contributed by atoms with E-state index in [1.54, 1.807) is 12.1 Å². The number of pyridine rings is 1. The third kappa shape index (κ3) is 6.41. The van der Waals surface area contributed by atoms with Gasteiger partial charge in [0.05, 0.1) is 10.8 Å². The lowest BCUT2D eigenvalue weighted by Gasteiger charge is -2.33. The molecule has 12 heteroatoms. The molecule has 6 rings (SSSR count). The summed E-state index contributed by atoms with van der Waals surface area (Å²) in [6.07, 6.45) is 5.38. The fourth-order valence-electron chi connectivity index (χ4n) is 6.14. The predicted molar refractivity (Wildman–Crippen MR) is 163 cm³/mol. The van der Waals surface area contributed by atoms with Crippen LogP contribution in [0.25, 0.3) is 10.3 Å². The van der Waals surface area contributed by atoms with Gasteiger partial charge in [0.25, 0.3) is 0 Å². The Morgan fingerprint density at radius 1 is 1.00 bits per heavy atom. The van der Waals surface area contributed by atoms with E-state index in [1.807, 2.05) is 24.3 Å². The molecule has 2 N–H and O–H groups in total. The molecule has 2 saturated heterocycles. The molecular weight excluding hydrogens is 558 g/mol. The number of likely N-dealkylation sites (N-methyl/N-ethyl adjacent to an activating group) is 1. The summed E-state index contributed by atoms with van der Waals surface area (Å²) in [6, 6.07) is 10.9. The minimum absolute atomic E-state index is 0.104. The number of fused-ring (bicyclic) bond motifs is 1. The molecule has 2 aromatic heterocycles. The van der Waals surface area contributed by atoms with Crippen LogP contribution >= 0.6 is 11.3 Å². The van der Waals surface area contributed by atoms with Crippen molar-refractivity contribution in [2.24, 2.45) is 5.92 Å². The minimum atomic E-state index is -3.55. The second-order valence-electron chi connectivity index (χ2n) is 11.5. The highest BCUT2D eigenvalue weighted by Crippen LogP contribution is 2.36. The number of hydrogen-bond acceptors (Lipinski definition) is 9. The van der Waals surface area contributed by atoms with Gasteiger partial charge < -0.3 is 20.4 Å². The third-order valence-electron chi connectivity index (χ3n) is 8.65. The van der Waals surface area contributed by atoms with Crippen molar-refractivity contribution in [3.63, 3.8) is 0 Å². The predicted octanol–water partition coefficient (Wildman–Crippen LogP) is 3.34. The van der Waals surface area contributed by atoms with Gasteiger partial charge in [-0.3, -0.25) is 4.79 Å². The number of hydrogen-bond donors (Lipinski definition) is 2. The van der Waals surface area contributed by atoms with E-state index in [-0.39, 0.29) is 16.7 Å². The van der Waals surface area contributed by atoms with Gasteiger partial charge in [-0.15, -0.1) is 0 Å². The molecule has 0 spiro atoms. The number of amides is 1. The van der Waals surface area contributed by atoms with Crippen LogP contribution in [0, 0.1) is 5.92 Å². The van der Waals surface area contributed by atoms with Crippen LogP contribution in [0.4, 0.5) is 10.9 Å². The topological polar surface area (TPSA) is 111 Å². The van der Waals surface area contributed by atoms with Crippen molar-refractivity contribution >= 4 is 48.6 Å². The quantitative estimate of drug-likeness (QED) is 0.407. The van der Waals surface area contributed by atoms with E-state index >= 15 is 0 Å². The van der Waals surface area contributed by atoms with Gasteiger partial charge in [0.15, 0.2) is 5.13 Å². The Bertz CT molecular complexity index is 1460. The SMILES string of the molecule is CN1CCN(c2ccc3nc(NC(=O)[C@H](CC4CCCC4)c4ccc(S(=O)(=O)N5CCNCC5)cc4)sc3n2)CC1. The van der Waals surface area contributed by atoms with Gasteiger partial charge in [0.1, 0.15) is 16.2 Å². The number of benzene rings is 1. The van der Waals surface area contributed by atoms with Gasteiger partial charge in [0, 0.05) is 52.4 Å². The maximum atomic E-state index is 13.7. The van der Waals surface area contributed by atoms with Crippen LogP contribution in [-0.4, -0.2) is 92.9 Å². The zero-order valence-corrected chi connectivity index (χ0v) is 25.2. The number of carbonyl (C=O) groups is 1. The number of aromatic nitrogens is 2. The number of nitrogens with one attached hydrogen (secondary N) is 2. The maximum absolute atomic E-state index is 13.7. The molecule has 0 bridgehead atoms. The first-order valence-electron chi connectivity index (χ1n) is 14.7. The average Bonchev–Trinajstić information content (AvgIpc) is 3.66. The fourth-order valence-corrected chi connectivity index (χ4v) is 8.42. The van der Waals surface area contributed by atoms with Crippen molar-refractivity contribution in [1.29, 1.82) is 0 Å². The highest BCUT2D eigenvalue weighted by atomic mass is 32.2. The van der Waals surface area contributed by atoms with Crippen LogP contribution in [0.2, 0.25) is 0 Å². The summed E-state index contributed by atoms with van der Waals surface area (Å²) in [7, 11) is -1.42. The molecule has 1 amide bonds. The molecule has 1 aromatic carbocycles. The van der Waals surface area contributed by atoms with Crippen molar-refractivity contribution < 1.29 is 13.2 Å². The zero-order valence-electron chi connectivity index (χ0n) is 23.6. The van der Waals surface area contributed by atoms with Gasteiger partial charge in [-0.2, -0.15) is 4.31 Å². The van der Waals surface area contributed by atoms with E-state index in [1.165, 1.54) is 28.5 Å². The molecule has 220 valence electrons. The third-order valence-corrected chi connectivity index (χ3v) is 11.4. The van der Waals surface area contributed by atoms with E-state index in [4.69, 9.17) is 4.98 Å². The van der Waals surface area contributed by atoms with Crippen LogP contribution < -0.4 is 15.5 Å². The lowest BCUT2D eigenvalue weighted by atomic mass is 9.87. The number of carbonyl (C=O) groups excluding carboxylic acids is 1. The van der Waals surface area contributed by atoms with E-state index in [0.717, 1.165) is 67.2 Å². The van der Waals surface area contributed by atoms with Gasteiger partial charge >= 0.3 is 0 Å². The summed E-state index contributed by atoms with van der Waals surface area (Å²) in [4.78, 5) is 29.0. The van der Waals surface area contributed by atoms with Crippen LogP contribution in [0.3, 0.4) is 0 Å². The first-order chi connectivity index (χ1) is 19.9. The second kappa shape index (κ2) is 12.3. The van der Waals surface area contributed by atoms with E-state index in [9.17, 15) is 13.2 Å². The second-order valence-corrected chi connectivity index (χ2v) is 14.4. The average molecular weight is 598 g/mol. The Kier molecular flexibility index (Phi) is 8.55. The number of anilines is 2. The Morgan fingerprint density at radius 2 is 1.71 bits per heavy atom. The Hall–Kier alpha value is -2.64. The van der Waals surface area contributed by atoms with Crippen molar-refractivity contribution in [2.75, 3.05) is 69.6 Å². The Labute approximate surface area is 246 Å². The van der Waals surface area contributed by atoms with E-state index < -0.39 is 10.0 Å². The molecule has 3 aromatic rings. The molecule has 1 saturated carbocycles. The van der Waals surface area contributed by atoms with E-state index in [0.29, 0.717) is 37.2 Å². The molecule has 0 radical (unpaired) electrons. The molecule has 3 aliphatic rings. The summed E-state index contributed by atoms with van der Waals surface area (Å²) < 4.78 is 27.8. The number of rotatable bonds is 8. The maximum Gasteiger partial charge on any atom is 0.243 e. The van der Waals surface area contributed by atoms with Crippen molar-refractivity contribution in [1.82, 2.24) is 24.5 Å². The summed E-state index contributed by atoms with van der Waals surface area (Å²) in [6.45, 7) is 6.13. The van der Waals surface area contributed by atoms with Crippen LogP contribution in [0.1, 0.15) is 43.6 Å². The normalized spacial score (nSPS) is 20.5. The summed E-state index contributed by atoms with van der Waals surface area (Å²) in [5.41, 5.74) is 1.61. The molecule has 1 atom stereocenters. The fraction of sp³-hybridized carbons (Fsp3) is 0.552. The summed E-state index contributed by atoms with van der Waals surface area (Å²) in [5, 5.41) is 6.82. The molecule has 4 heterocycles. The Balaban J connectivity index is 1.20. The number of sulfonamides is 1. The standard InChI is InChI=1S/C29H39N7O3S2/c1-34-16-18-35(19-17-34)26-11-10-25-28(32-26)40-29(31-25)33-27(37)24(20-21-4-2-3-5-21)22-6-8-23(9-7-22)41(38,39)36-14-12-30-13-15-36/h6-11,21,24,30H,2-5,12-20H2,1H3,(H,31,33,37)/t24-/m1/s1. The highest BCUT2D eigenvalue weighted by molar-refractivity contribution is 7.89. The molecule has 10 nitrogen and oxygen atoms in total. The molecule has 0 unspecified atom stereocenters. The molecule has 41 heavy (non-hydrogen) atoms. The van der Waals surface area contributed by atoms with E-state index in [2.05, 4.69) is 32.5 Å². The number of nitrogens with zero attached hydrogens (tertiary/aromatic N) is 5. The van der Waals surface area contributed by atoms with Gasteiger partial charge in [0.2, 0.25) is 15.9 Å². The Morgan fingerprint density at radius 3 is 2.41 bits per heavy atom. The van der Waals surface area contributed by atoms with Crippen molar-refractivity contribution in [3.8, 4) is 0 Å². The van der Waals surface area contributed by atoms with Crippen molar-refractivity contribution in [2.45, 2.75) is 42.9 Å². The van der Waals surface area contributed by atoms with Crippen molar-refractivity contribution in [3.05, 3.63) is 42.0 Å². The summed E-state index contributed by atoms with van der Waals surface area (Å²) >= 11 is 1.40. The lowest BCUT2D eigenvalue weighted by Crippen LogP contribution is -2.46. The zero-order chi connectivity index (χ0) is 28.4. The number of thiazole rings is 1. The molecule has 3 fully saturated rings. The lowest BCUT2D eigenvalue weighted by molar-refractivity contribution is -0.118. The largest absolute Gasteiger partial charge is 0.354 e.